The fourth-order valence-electron chi connectivity index (χ4n) is 4.22. The molecular weight excluding hydrogens is 324 g/mol. The summed E-state index contributed by atoms with van der Waals surface area (Å²) in [6, 6.07) is 2.57. The predicted molar refractivity (Wildman–Crippen MR) is 92.9 cm³/mol. The van der Waals surface area contributed by atoms with Crippen molar-refractivity contribution < 1.29 is 14.3 Å². The van der Waals surface area contributed by atoms with Gasteiger partial charge in [0.05, 0.1) is 12.0 Å². The molecule has 24 heavy (non-hydrogen) atoms. The van der Waals surface area contributed by atoms with Gasteiger partial charge in [-0.25, -0.2) is 0 Å². The molecule has 0 bridgehead atoms. The Labute approximate surface area is 147 Å². The Balaban J connectivity index is 1.34. The standard InChI is InChI=1S/C18H26N2O3S/c21-18(19-9-13-1-5-22-6-2-13)15-11-20(10-14-4-8-24-12-14)16-3-7-23-17(15)16/h4,8,12-13,15-17H,1-3,5-7,9-11H2,(H,19,21)/t15-,16+,17+/m1/s1. The zero-order valence-corrected chi connectivity index (χ0v) is 14.8. The molecule has 4 rings (SSSR count). The number of hydrogen-bond acceptors (Lipinski definition) is 5. The lowest BCUT2D eigenvalue weighted by Crippen LogP contribution is -2.40. The highest BCUT2D eigenvalue weighted by Gasteiger charge is 2.48. The van der Waals surface area contributed by atoms with Crippen molar-refractivity contribution >= 4 is 17.2 Å². The van der Waals surface area contributed by atoms with E-state index in [0.717, 1.165) is 58.7 Å². The Hall–Kier alpha value is -0.950. The second-order valence-corrected chi connectivity index (χ2v) is 7.94. The minimum atomic E-state index is -0.0315. The van der Waals surface area contributed by atoms with Gasteiger partial charge in [0.15, 0.2) is 0 Å². The Morgan fingerprint density at radius 1 is 1.29 bits per heavy atom. The van der Waals surface area contributed by atoms with Crippen molar-refractivity contribution in [2.75, 3.05) is 32.9 Å². The third-order valence-corrected chi connectivity index (χ3v) is 6.34. The van der Waals surface area contributed by atoms with Crippen molar-refractivity contribution in [3.8, 4) is 0 Å². The summed E-state index contributed by atoms with van der Waals surface area (Å²) in [6.07, 6.45) is 3.21. The summed E-state index contributed by atoms with van der Waals surface area (Å²) in [5.41, 5.74) is 1.34. The summed E-state index contributed by atoms with van der Waals surface area (Å²) < 4.78 is 11.3. The summed E-state index contributed by atoms with van der Waals surface area (Å²) in [7, 11) is 0. The van der Waals surface area contributed by atoms with Crippen LogP contribution in [0.2, 0.25) is 0 Å². The number of amides is 1. The van der Waals surface area contributed by atoms with Crippen molar-refractivity contribution in [2.45, 2.75) is 38.0 Å². The van der Waals surface area contributed by atoms with Gasteiger partial charge in [0.25, 0.3) is 0 Å². The maximum Gasteiger partial charge on any atom is 0.227 e. The van der Waals surface area contributed by atoms with Crippen LogP contribution in [-0.2, 0) is 20.8 Å². The average Bonchev–Trinajstić information content (AvgIpc) is 3.33. The lowest BCUT2D eigenvalue weighted by Gasteiger charge is -2.23. The topological polar surface area (TPSA) is 50.8 Å². The van der Waals surface area contributed by atoms with E-state index >= 15 is 0 Å². The minimum Gasteiger partial charge on any atom is -0.381 e. The molecule has 0 saturated carbocycles. The van der Waals surface area contributed by atoms with Gasteiger partial charge in [-0.1, -0.05) is 0 Å². The number of hydrogen-bond donors (Lipinski definition) is 1. The molecule has 132 valence electrons. The minimum absolute atomic E-state index is 0.0315. The molecule has 1 aromatic heterocycles. The molecule has 3 aliphatic rings. The van der Waals surface area contributed by atoms with Crippen LogP contribution in [0.4, 0.5) is 0 Å². The zero-order valence-electron chi connectivity index (χ0n) is 14.0. The van der Waals surface area contributed by atoms with Gasteiger partial charge in [-0.2, -0.15) is 11.3 Å². The molecular formula is C18H26N2O3S. The maximum absolute atomic E-state index is 12.7. The van der Waals surface area contributed by atoms with Crippen molar-refractivity contribution in [3.05, 3.63) is 22.4 Å². The molecule has 3 atom stereocenters. The monoisotopic (exact) mass is 350 g/mol. The van der Waals surface area contributed by atoms with Crippen LogP contribution in [-0.4, -0.2) is 55.9 Å². The highest BCUT2D eigenvalue weighted by atomic mass is 32.1. The number of fused-ring (bicyclic) bond motifs is 1. The molecule has 1 amide bonds. The first kappa shape index (κ1) is 16.5. The maximum atomic E-state index is 12.7. The number of likely N-dealkylation sites (tertiary alicyclic amines) is 1. The van der Waals surface area contributed by atoms with Crippen molar-refractivity contribution in [3.63, 3.8) is 0 Å². The van der Waals surface area contributed by atoms with Crippen molar-refractivity contribution in [1.29, 1.82) is 0 Å². The van der Waals surface area contributed by atoms with Gasteiger partial charge in [-0.05, 0) is 47.6 Å². The normalized spacial score (nSPS) is 31.2. The van der Waals surface area contributed by atoms with E-state index in [-0.39, 0.29) is 17.9 Å². The van der Waals surface area contributed by atoms with Gasteiger partial charge in [0.1, 0.15) is 0 Å². The number of carbonyl (C=O) groups excluding carboxylic acids is 1. The molecule has 3 saturated heterocycles. The van der Waals surface area contributed by atoms with Crippen LogP contribution in [0, 0.1) is 11.8 Å². The van der Waals surface area contributed by atoms with E-state index in [4.69, 9.17) is 9.47 Å². The molecule has 0 spiro atoms. The van der Waals surface area contributed by atoms with E-state index in [1.165, 1.54) is 5.56 Å². The van der Waals surface area contributed by atoms with Crippen LogP contribution < -0.4 is 5.32 Å². The molecule has 5 nitrogen and oxygen atoms in total. The first-order valence-electron chi connectivity index (χ1n) is 9.03. The van der Waals surface area contributed by atoms with E-state index in [1.54, 1.807) is 11.3 Å². The fourth-order valence-corrected chi connectivity index (χ4v) is 4.88. The van der Waals surface area contributed by atoms with Crippen LogP contribution in [0.25, 0.3) is 0 Å². The Morgan fingerprint density at radius 3 is 2.96 bits per heavy atom. The summed E-state index contributed by atoms with van der Waals surface area (Å²) in [4.78, 5) is 15.2. The van der Waals surface area contributed by atoms with Gasteiger partial charge < -0.3 is 14.8 Å². The highest BCUT2D eigenvalue weighted by molar-refractivity contribution is 7.07. The fraction of sp³-hybridized carbons (Fsp3) is 0.722. The number of nitrogens with one attached hydrogen (secondary N) is 1. The predicted octanol–water partition coefficient (Wildman–Crippen LogP) is 1.88. The van der Waals surface area contributed by atoms with Crippen LogP contribution in [0.3, 0.4) is 0 Å². The van der Waals surface area contributed by atoms with E-state index in [9.17, 15) is 4.79 Å². The van der Waals surface area contributed by atoms with Crippen LogP contribution in [0.1, 0.15) is 24.8 Å². The van der Waals surface area contributed by atoms with Gasteiger partial charge in [0.2, 0.25) is 5.91 Å². The molecule has 0 aliphatic carbocycles. The smallest absolute Gasteiger partial charge is 0.227 e. The van der Waals surface area contributed by atoms with E-state index in [1.807, 2.05) is 0 Å². The molecule has 0 aromatic carbocycles. The van der Waals surface area contributed by atoms with E-state index in [0.29, 0.717) is 12.0 Å². The number of ether oxygens (including phenoxy) is 2. The van der Waals surface area contributed by atoms with Crippen LogP contribution in [0.15, 0.2) is 16.8 Å². The summed E-state index contributed by atoms with van der Waals surface area (Å²) in [6.45, 7) is 4.95. The lowest BCUT2D eigenvalue weighted by molar-refractivity contribution is -0.128. The molecule has 1 N–H and O–H groups in total. The van der Waals surface area contributed by atoms with Crippen LogP contribution in [0.5, 0.6) is 0 Å². The third kappa shape index (κ3) is 3.52. The average molecular weight is 350 g/mol. The number of thiophene rings is 1. The summed E-state index contributed by atoms with van der Waals surface area (Å²) >= 11 is 1.73. The molecule has 0 unspecified atom stereocenters. The van der Waals surface area contributed by atoms with E-state index in [2.05, 4.69) is 27.0 Å². The summed E-state index contributed by atoms with van der Waals surface area (Å²) in [5, 5.41) is 7.50. The number of nitrogens with zero attached hydrogens (tertiary/aromatic N) is 1. The highest BCUT2D eigenvalue weighted by Crippen LogP contribution is 2.34. The van der Waals surface area contributed by atoms with Gasteiger partial charge in [-0.3, -0.25) is 9.69 Å². The van der Waals surface area contributed by atoms with E-state index < -0.39 is 0 Å². The second kappa shape index (κ2) is 7.52. The zero-order chi connectivity index (χ0) is 16.4. The Bertz CT molecular complexity index is 544. The molecule has 6 heteroatoms. The van der Waals surface area contributed by atoms with Gasteiger partial charge >= 0.3 is 0 Å². The number of carbonyl (C=O) groups is 1. The summed E-state index contributed by atoms with van der Waals surface area (Å²) in [5.74, 6) is 0.702. The molecule has 0 radical (unpaired) electrons. The van der Waals surface area contributed by atoms with Crippen molar-refractivity contribution in [2.24, 2.45) is 11.8 Å². The van der Waals surface area contributed by atoms with Crippen molar-refractivity contribution in [1.82, 2.24) is 10.2 Å². The number of rotatable bonds is 5. The first-order chi connectivity index (χ1) is 11.8. The molecule has 3 fully saturated rings. The van der Waals surface area contributed by atoms with Crippen LogP contribution >= 0.6 is 11.3 Å². The Kier molecular flexibility index (Phi) is 5.17. The largest absolute Gasteiger partial charge is 0.381 e. The SMILES string of the molecule is O=C(NCC1CCOCC1)[C@@H]1CN(Cc2ccsc2)[C@H]2CCO[C@@H]12. The third-order valence-electron chi connectivity index (χ3n) is 5.61. The van der Waals surface area contributed by atoms with Gasteiger partial charge in [-0.15, -0.1) is 0 Å². The first-order valence-corrected chi connectivity index (χ1v) is 9.98. The second-order valence-electron chi connectivity index (χ2n) is 7.16. The molecule has 4 heterocycles. The lowest BCUT2D eigenvalue weighted by atomic mass is 9.98. The molecule has 3 aliphatic heterocycles. The Morgan fingerprint density at radius 2 is 2.17 bits per heavy atom. The molecule has 1 aromatic rings. The van der Waals surface area contributed by atoms with Gasteiger partial charge in [0, 0.05) is 45.5 Å². The quantitative estimate of drug-likeness (QED) is 0.881.